The zero-order valence-corrected chi connectivity index (χ0v) is 12.3. The molecule has 3 rings (SSSR count). The molecule has 0 radical (unpaired) electrons. The SMILES string of the molecule is COc1cccc(/C=C2\NC(=O)N(c3ccccc3)C2=O)c1O. The summed E-state index contributed by atoms with van der Waals surface area (Å²) in [5.74, 6) is -0.290. The molecule has 1 aliphatic heterocycles. The molecule has 23 heavy (non-hydrogen) atoms. The minimum Gasteiger partial charge on any atom is -0.504 e. The fourth-order valence-electron chi connectivity index (χ4n) is 2.32. The molecule has 2 N–H and O–H groups in total. The van der Waals surface area contributed by atoms with Crippen LogP contribution in [0.25, 0.3) is 6.08 Å². The predicted molar refractivity (Wildman–Crippen MR) is 85.1 cm³/mol. The summed E-state index contributed by atoms with van der Waals surface area (Å²) in [6, 6.07) is 13.0. The number of urea groups is 1. The number of carbonyl (C=O) groups excluding carboxylic acids is 2. The second kappa shape index (κ2) is 5.84. The first-order valence-corrected chi connectivity index (χ1v) is 6.90. The number of anilines is 1. The standard InChI is InChI=1S/C17H14N2O4/c1-23-14-9-5-6-11(15(14)20)10-13-16(21)19(17(22)18-13)12-7-3-2-4-8-12/h2-10,20H,1H3,(H,18,22)/b13-10-. The summed E-state index contributed by atoms with van der Waals surface area (Å²) in [6.07, 6.45) is 1.42. The van der Waals surface area contributed by atoms with Crippen molar-refractivity contribution in [2.75, 3.05) is 12.0 Å². The highest BCUT2D eigenvalue weighted by Crippen LogP contribution is 2.31. The van der Waals surface area contributed by atoms with Crippen LogP contribution in [0.1, 0.15) is 5.56 Å². The van der Waals surface area contributed by atoms with Crippen molar-refractivity contribution >= 4 is 23.7 Å². The highest BCUT2D eigenvalue weighted by Gasteiger charge is 2.34. The normalized spacial score (nSPS) is 15.9. The molecule has 1 heterocycles. The maximum absolute atomic E-state index is 12.4. The molecule has 0 unspecified atom stereocenters. The number of para-hydroxylation sites is 2. The van der Waals surface area contributed by atoms with Gasteiger partial charge in [0.15, 0.2) is 11.5 Å². The first-order chi connectivity index (χ1) is 11.1. The van der Waals surface area contributed by atoms with Crippen LogP contribution in [0.15, 0.2) is 54.2 Å². The van der Waals surface area contributed by atoms with Gasteiger partial charge in [-0.2, -0.15) is 0 Å². The number of ether oxygens (including phenoxy) is 1. The van der Waals surface area contributed by atoms with Gasteiger partial charge in [0, 0.05) is 5.56 Å². The van der Waals surface area contributed by atoms with E-state index < -0.39 is 11.9 Å². The van der Waals surface area contributed by atoms with Gasteiger partial charge in [0.1, 0.15) is 5.70 Å². The van der Waals surface area contributed by atoms with E-state index in [2.05, 4.69) is 5.32 Å². The average Bonchev–Trinajstić information content (AvgIpc) is 2.84. The lowest BCUT2D eigenvalue weighted by molar-refractivity contribution is -0.113. The number of phenols is 1. The summed E-state index contributed by atoms with van der Waals surface area (Å²) in [7, 11) is 1.44. The van der Waals surface area contributed by atoms with Gasteiger partial charge in [-0.25, -0.2) is 9.69 Å². The number of phenolic OH excluding ortho intramolecular Hbond substituents is 1. The van der Waals surface area contributed by atoms with Gasteiger partial charge in [-0.3, -0.25) is 4.79 Å². The molecule has 6 heteroatoms. The number of carbonyl (C=O) groups is 2. The monoisotopic (exact) mass is 310 g/mol. The fourth-order valence-corrected chi connectivity index (χ4v) is 2.32. The molecular weight excluding hydrogens is 296 g/mol. The number of benzene rings is 2. The largest absolute Gasteiger partial charge is 0.504 e. The van der Waals surface area contributed by atoms with Crippen LogP contribution in [-0.2, 0) is 4.79 Å². The molecule has 1 fully saturated rings. The van der Waals surface area contributed by atoms with Crippen molar-refractivity contribution in [2.45, 2.75) is 0 Å². The van der Waals surface area contributed by atoms with Crippen molar-refractivity contribution in [1.29, 1.82) is 0 Å². The maximum atomic E-state index is 12.4. The van der Waals surface area contributed by atoms with E-state index in [4.69, 9.17) is 4.74 Å². The van der Waals surface area contributed by atoms with Gasteiger partial charge in [-0.05, 0) is 24.3 Å². The molecule has 0 bridgehead atoms. The number of methoxy groups -OCH3 is 1. The molecule has 0 spiro atoms. The second-order valence-corrected chi connectivity index (χ2v) is 4.86. The Morgan fingerprint density at radius 1 is 1.09 bits per heavy atom. The van der Waals surface area contributed by atoms with Gasteiger partial charge in [-0.1, -0.05) is 30.3 Å². The van der Waals surface area contributed by atoms with Crippen LogP contribution in [0.4, 0.5) is 10.5 Å². The Labute approximate surface area is 132 Å². The lowest BCUT2D eigenvalue weighted by Gasteiger charge is -2.11. The topological polar surface area (TPSA) is 78.9 Å². The minimum absolute atomic E-state index is 0.0856. The van der Waals surface area contributed by atoms with E-state index in [9.17, 15) is 14.7 Å². The Morgan fingerprint density at radius 3 is 2.52 bits per heavy atom. The quantitative estimate of drug-likeness (QED) is 0.674. The number of imide groups is 1. The maximum Gasteiger partial charge on any atom is 0.333 e. The Hall–Kier alpha value is -3.28. The highest BCUT2D eigenvalue weighted by molar-refractivity contribution is 6.28. The third kappa shape index (κ3) is 2.62. The van der Waals surface area contributed by atoms with E-state index in [1.807, 2.05) is 0 Å². The van der Waals surface area contributed by atoms with Gasteiger partial charge in [0.05, 0.1) is 12.8 Å². The number of rotatable bonds is 3. The number of amides is 3. The van der Waals surface area contributed by atoms with Crippen molar-refractivity contribution in [3.63, 3.8) is 0 Å². The molecule has 6 nitrogen and oxygen atoms in total. The zero-order chi connectivity index (χ0) is 16.4. The van der Waals surface area contributed by atoms with Crippen LogP contribution >= 0.6 is 0 Å². The molecule has 0 saturated carbocycles. The van der Waals surface area contributed by atoms with E-state index in [0.29, 0.717) is 11.3 Å². The summed E-state index contributed by atoms with van der Waals surface area (Å²) < 4.78 is 5.03. The van der Waals surface area contributed by atoms with Crippen LogP contribution < -0.4 is 15.0 Å². The van der Waals surface area contributed by atoms with Crippen molar-refractivity contribution in [3.8, 4) is 11.5 Å². The second-order valence-electron chi connectivity index (χ2n) is 4.86. The van der Waals surface area contributed by atoms with E-state index in [0.717, 1.165) is 4.90 Å². The van der Waals surface area contributed by atoms with Crippen LogP contribution in [-0.4, -0.2) is 24.2 Å². The van der Waals surface area contributed by atoms with Crippen molar-refractivity contribution in [3.05, 3.63) is 59.8 Å². The van der Waals surface area contributed by atoms with Crippen molar-refractivity contribution in [1.82, 2.24) is 5.32 Å². The zero-order valence-electron chi connectivity index (χ0n) is 12.3. The lowest BCUT2D eigenvalue weighted by atomic mass is 10.1. The van der Waals surface area contributed by atoms with Gasteiger partial charge >= 0.3 is 6.03 Å². The molecule has 1 saturated heterocycles. The Bertz CT molecular complexity index is 799. The molecule has 1 aliphatic rings. The number of aromatic hydroxyl groups is 1. The minimum atomic E-state index is -0.533. The third-order valence-corrected chi connectivity index (χ3v) is 3.44. The van der Waals surface area contributed by atoms with E-state index in [1.54, 1.807) is 48.5 Å². The van der Waals surface area contributed by atoms with Gasteiger partial charge in [0.25, 0.3) is 5.91 Å². The van der Waals surface area contributed by atoms with E-state index >= 15 is 0 Å². The fraction of sp³-hybridized carbons (Fsp3) is 0.0588. The van der Waals surface area contributed by atoms with Gasteiger partial charge in [-0.15, -0.1) is 0 Å². The Morgan fingerprint density at radius 2 is 1.83 bits per heavy atom. The molecule has 2 aromatic rings. The third-order valence-electron chi connectivity index (χ3n) is 3.44. The van der Waals surface area contributed by atoms with Gasteiger partial charge < -0.3 is 15.2 Å². The van der Waals surface area contributed by atoms with Crippen LogP contribution in [0.3, 0.4) is 0 Å². The molecule has 0 aliphatic carbocycles. The number of hydrogen-bond donors (Lipinski definition) is 2. The summed E-state index contributed by atoms with van der Waals surface area (Å²) in [5.41, 5.74) is 0.943. The highest BCUT2D eigenvalue weighted by atomic mass is 16.5. The summed E-state index contributed by atoms with van der Waals surface area (Å²) >= 11 is 0. The predicted octanol–water partition coefficient (Wildman–Crippen LogP) is 2.50. The number of hydrogen-bond acceptors (Lipinski definition) is 4. The molecular formula is C17H14N2O4. The molecule has 0 aromatic heterocycles. The first kappa shape index (κ1) is 14.6. The Balaban J connectivity index is 1.97. The van der Waals surface area contributed by atoms with E-state index in [-0.39, 0.29) is 17.2 Å². The molecule has 2 aromatic carbocycles. The van der Waals surface area contributed by atoms with Crippen molar-refractivity contribution < 1.29 is 19.4 Å². The molecule has 3 amide bonds. The van der Waals surface area contributed by atoms with Crippen LogP contribution in [0.5, 0.6) is 11.5 Å². The number of nitrogens with one attached hydrogen (secondary N) is 1. The average molecular weight is 310 g/mol. The summed E-state index contributed by atoms with van der Waals surface area (Å²) in [6.45, 7) is 0. The summed E-state index contributed by atoms with van der Waals surface area (Å²) in [5, 5.41) is 12.6. The van der Waals surface area contributed by atoms with Crippen LogP contribution in [0, 0.1) is 0 Å². The van der Waals surface area contributed by atoms with Crippen molar-refractivity contribution in [2.24, 2.45) is 0 Å². The lowest BCUT2D eigenvalue weighted by Crippen LogP contribution is -2.30. The molecule has 0 atom stereocenters. The molecule has 116 valence electrons. The van der Waals surface area contributed by atoms with E-state index in [1.165, 1.54) is 13.2 Å². The Kier molecular flexibility index (Phi) is 3.72. The van der Waals surface area contributed by atoms with Crippen LogP contribution in [0.2, 0.25) is 0 Å². The smallest absolute Gasteiger partial charge is 0.333 e. The number of nitrogens with zero attached hydrogens (tertiary/aromatic N) is 1. The first-order valence-electron chi connectivity index (χ1n) is 6.90. The summed E-state index contributed by atoms with van der Waals surface area (Å²) in [4.78, 5) is 25.6. The van der Waals surface area contributed by atoms with Gasteiger partial charge in [0.2, 0.25) is 0 Å².